The molecule has 0 unspecified atom stereocenters. The summed E-state index contributed by atoms with van der Waals surface area (Å²) < 4.78 is 5.12. The van der Waals surface area contributed by atoms with E-state index >= 15 is 0 Å². The molecule has 1 aromatic carbocycles. The fourth-order valence-corrected chi connectivity index (χ4v) is 2.90. The number of methoxy groups -OCH3 is 1. The summed E-state index contributed by atoms with van der Waals surface area (Å²) in [5, 5.41) is 7.32. The Morgan fingerprint density at radius 3 is 2.45 bits per heavy atom. The standard InChI is InChI=1S/C20H28N4O5/c1-13(2)11-21-18(27)22-16(25)12-24-17(26)20(3,23-19(24)28)10-9-14-5-7-15(29-4)8-6-14/h5-8,13H,9-12H2,1-4H3,(H,23,28)(H2,21,22,25,27)/t20-/m1/s1. The van der Waals surface area contributed by atoms with Gasteiger partial charge in [0.15, 0.2) is 0 Å². The third-order valence-corrected chi connectivity index (χ3v) is 4.64. The molecule has 1 heterocycles. The average Bonchev–Trinajstić information content (AvgIpc) is 2.88. The molecule has 1 aliphatic rings. The SMILES string of the molecule is COc1ccc(CC[C@@]2(C)NC(=O)N(CC(=O)NC(=O)NCC(C)C)C2=O)cc1. The number of aryl methyl sites for hydroxylation is 1. The molecule has 0 aliphatic carbocycles. The maximum atomic E-state index is 12.7. The summed E-state index contributed by atoms with van der Waals surface area (Å²) in [6, 6.07) is 6.14. The van der Waals surface area contributed by atoms with Gasteiger partial charge in [-0.25, -0.2) is 9.59 Å². The monoisotopic (exact) mass is 404 g/mol. The summed E-state index contributed by atoms with van der Waals surface area (Å²) in [7, 11) is 1.58. The van der Waals surface area contributed by atoms with E-state index < -0.39 is 36.0 Å². The second kappa shape index (κ2) is 9.40. The van der Waals surface area contributed by atoms with E-state index in [0.717, 1.165) is 16.2 Å². The molecule has 0 spiro atoms. The third kappa shape index (κ3) is 5.94. The van der Waals surface area contributed by atoms with Crippen molar-refractivity contribution in [2.75, 3.05) is 20.2 Å². The Bertz CT molecular complexity index is 778. The van der Waals surface area contributed by atoms with Crippen LogP contribution in [0.1, 0.15) is 32.8 Å². The van der Waals surface area contributed by atoms with Crippen molar-refractivity contribution in [1.29, 1.82) is 0 Å². The predicted octanol–water partition coefficient (Wildman–Crippen LogP) is 1.42. The van der Waals surface area contributed by atoms with E-state index in [4.69, 9.17) is 4.74 Å². The van der Waals surface area contributed by atoms with Crippen molar-refractivity contribution in [1.82, 2.24) is 20.9 Å². The van der Waals surface area contributed by atoms with Crippen LogP contribution in [0.5, 0.6) is 5.75 Å². The second-order valence-electron chi connectivity index (χ2n) is 7.65. The van der Waals surface area contributed by atoms with Gasteiger partial charge in [-0.15, -0.1) is 0 Å². The normalized spacial score (nSPS) is 18.6. The van der Waals surface area contributed by atoms with Crippen molar-refractivity contribution < 1.29 is 23.9 Å². The summed E-state index contributed by atoms with van der Waals surface area (Å²) in [6.45, 7) is 5.36. The lowest BCUT2D eigenvalue weighted by Gasteiger charge is -2.21. The third-order valence-electron chi connectivity index (χ3n) is 4.64. The fraction of sp³-hybridized carbons (Fsp3) is 0.500. The summed E-state index contributed by atoms with van der Waals surface area (Å²) in [5.74, 6) is -0.254. The van der Waals surface area contributed by atoms with Gasteiger partial charge in [-0.2, -0.15) is 0 Å². The van der Waals surface area contributed by atoms with E-state index in [-0.39, 0.29) is 5.92 Å². The molecule has 0 saturated carbocycles. The van der Waals surface area contributed by atoms with Crippen LogP contribution in [0.15, 0.2) is 24.3 Å². The summed E-state index contributed by atoms with van der Waals surface area (Å²) >= 11 is 0. The summed E-state index contributed by atoms with van der Waals surface area (Å²) in [6.07, 6.45) is 0.932. The number of hydrogen-bond acceptors (Lipinski definition) is 5. The number of hydrogen-bond donors (Lipinski definition) is 3. The molecule has 0 bridgehead atoms. The molecule has 0 aromatic heterocycles. The zero-order valence-corrected chi connectivity index (χ0v) is 17.2. The van der Waals surface area contributed by atoms with Crippen LogP contribution in [-0.2, 0) is 16.0 Å². The molecular weight excluding hydrogens is 376 g/mol. The number of amides is 6. The Balaban J connectivity index is 1.91. The topological polar surface area (TPSA) is 117 Å². The zero-order chi connectivity index (χ0) is 21.6. The summed E-state index contributed by atoms with van der Waals surface area (Å²) in [4.78, 5) is 49.5. The van der Waals surface area contributed by atoms with Crippen molar-refractivity contribution in [3.8, 4) is 5.75 Å². The Morgan fingerprint density at radius 2 is 1.86 bits per heavy atom. The molecule has 1 fully saturated rings. The molecule has 1 atom stereocenters. The minimum atomic E-state index is -1.11. The highest BCUT2D eigenvalue weighted by Gasteiger charge is 2.47. The maximum absolute atomic E-state index is 12.7. The molecule has 0 radical (unpaired) electrons. The molecular formula is C20H28N4O5. The Labute approximate surface area is 170 Å². The molecule has 1 saturated heterocycles. The second-order valence-corrected chi connectivity index (χ2v) is 7.65. The number of carbonyl (C=O) groups excluding carboxylic acids is 4. The summed E-state index contributed by atoms with van der Waals surface area (Å²) in [5.41, 5.74) is -0.121. The Kier molecular flexibility index (Phi) is 7.19. The minimum absolute atomic E-state index is 0.230. The van der Waals surface area contributed by atoms with Crippen LogP contribution < -0.4 is 20.7 Å². The van der Waals surface area contributed by atoms with Gasteiger partial charge in [-0.1, -0.05) is 26.0 Å². The van der Waals surface area contributed by atoms with Crippen LogP contribution in [-0.4, -0.2) is 54.5 Å². The van der Waals surface area contributed by atoms with Gasteiger partial charge in [-0.05, 0) is 43.4 Å². The van der Waals surface area contributed by atoms with Gasteiger partial charge in [0, 0.05) is 6.54 Å². The minimum Gasteiger partial charge on any atom is -0.497 e. The number of carbonyl (C=O) groups is 4. The highest BCUT2D eigenvalue weighted by molar-refractivity contribution is 6.09. The van der Waals surface area contributed by atoms with Crippen molar-refractivity contribution in [2.45, 2.75) is 39.2 Å². The van der Waals surface area contributed by atoms with E-state index in [1.54, 1.807) is 14.0 Å². The van der Waals surface area contributed by atoms with Crippen LogP contribution in [0, 0.1) is 5.92 Å². The number of imide groups is 2. The smallest absolute Gasteiger partial charge is 0.325 e. The lowest BCUT2D eigenvalue weighted by Crippen LogP contribution is -2.48. The van der Waals surface area contributed by atoms with Gasteiger partial charge < -0.3 is 15.4 Å². The largest absolute Gasteiger partial charge is 0.497 e. The van der Waals surface area contributed by atoms with Crippen LogP contribution in [0.4, 0.5) is 9.59 Å². The lowest BCUT2D eigenvalue weighted by molar-refractivity contribution is -0.134. The van der Waals surface area contributed by atoms with E-state index in [2.05, 4.69) is 16.0 Å². The molecule has 29 heavy (non-hydrogen) atoms. The molecule has 158 valence electrons. The first-order valence-electron chi connectivity index (χ1n) is 9.49. The molecule has 1 aliphatic heterocycles. The maximum Gasteiger partial charge on any atom is 0.325 e. The van der Waals surface area contributed by atoms with E-state index in [1.165, 1.54) is 0 Å². The molecule has 6 amide bonds. The first kappa shape index (κ1) is 22.2. The van der Waals surface area contributed by atoms with Gasteiger partial charge in [0.2, 0.25) is 5.91 Å². The van der Waals surface area contributed by atoms with Crippen LogP contribution in [0.2, 0.25) is 0 Å². The fourth-order valence-electron chi connectivity index (χ4n) is 2.90. The van der Waals surface area contributed by atoms with Crippen molar-refractivity contribution >= 4 is 23.9 Å². The van der Waals surface area contributed by atoms with Gasteiger partial charge in [0.25, 0.3) is 5.91 Å². The number of benzene rings is 1. The number of ether oxygens (including phenoxy) is 1. The van der Waals surface area contributed by atoms with Crippen LogP contribution in [0.25, 0.3) is 0 Å². The molecule has 9 heteroatoms. The van der Waals surface area contributed by atoms with Gasteiger partial charge >= 0.3 is 12.1 Å². The van der Waals surface area contributed by atoms with Crippen LogP contribution >= 0.6 is 0 Å². The first-order valence-corrected chi connectivity index (χ1v) is 9.49. The average molecular weight is 404 g/mol. The predicted molar refractivity (Wildman–Crippen MR) is 106 cm³/mol. The molecule has 3 N–H and O–H groups in total. The first-order chi connectivity index (χ1) is 13.6. The lowest BCUT2D eigenvalue weighted by atomic mass is 9.93. The highest BCUT2D eigenvalue weighted by Crippen LogP contribution is 2.23. The van der Waals surface area contributed by atoms with E-state index in [9.17, 15) is 19.2 Å². The number of urea groups is 2. The van der Waals surface area contributed by atoms with Gasteiger partial charge in [0.05, 0.1) is 7.11 Å². The van der Waals surface area contributed by atoms with Crippen molar-refractivity contribution in [2.24, 2.45) is 5.92 Å². The van der Waals surface area contributed by atoms with Crippen LogP contribution in [0.3, 0.4) is 0 Å². The number of nitrogens with zero attached hydrogens (tertiary/aromatic N) is 1. The molecule has 1 aromatic rings. The quantitative estimate of drug-likeness (QED) is 0.567. The van der Waals surface area contributed by atoms with Gasteiger partial charge in [-0.3, -0.25) is 19.8 Å². The molecule has 9 nitrogen and oxygen atoms in total. The highest BCUT2D eigenvalue weighted by atomic mass is 16.5. The van der Waals surface area contributed by atoms with E-state index in [0.29, 0.717) is 19.4 Å². The van der Waals surface area contributed by atoms with Crippen molar-refractivity contribution in [3.63, 3.8) is 0 Å². The Morgan fingerprint density at radius 1 is 1.21 bits per heavy atom. The van der Waals surface area contributed by atoms with Gasteiger partial charge in [0.1, 0.15) is 17.8 Å². The number of rotatable bonds is 8. The number of nitrogens with one attached hydrogen (secondary N) is 3. The van der Waals surface area contributed by atoms with Crippen molar-refractivity contribution in [3.05, 3.63) is 29.8 Å². The zero-order valence-electron chi connectivity index (χ0n) is 17.2. The Hall–Kier alpha value is -3.10. The van der Waals surface area contributed by atoms with E-state index in [1.807, 2.05) is 38.1 Å². The molecule has 2 rings (SSSR count).